The standard InChI is InChI=1S/C18H19F2NO2/c1-18(2,3)13-6-4-5-7-15(13)21-17(22)11-23-16-9-8-12(19)10-14(16)20/h4-10H,11H2,1-3H3,(H,21,22). The van der Waals surface area contributed by atoms with Gasteiger partial charge in [0.15, 0.2) is 18.2 Å². The number of benzene rings is 2. The van der Waals surface area contributed by atoms with Gasteiger partial charge in [0.1, 0.15) is 5.82 Å². The summed E-state index contributed by atoms with van der Waals surface area (Å²) < 4.78 is 31.4. The highest BCUT2D eigenvalue weighted by Crippen LogP contribution is 2.29. The Morgan fingerprint density at radius 2 is 1.83 bits per heavy atom. The summed E-state index contributed by atoms with van der Waals surface area (Å²) in [5.74, 6) is -2.11. The average Bonchev–Trinajstić information content (AvgIpc) is 2.46. The molecule has 1 N–H and O–H groups in total. The lowest BCUT2D eigenvalue weighted by Crippen LogP contribution is -2.23. The van der Waals surface area contributed by atoms with E-state index in [0.29, 0.717) is 11.8 Å². The van der Waals surface area contributed by atoms with Crippen molar-refractivity contribution in [3.63, 3.8) is 0 Å². The summed E-state index contributed by atoms with van der Waals surface area (Å²) in [6.45, 7) is 5.77. The fraction of sp³-hybridized carbons (Fsp3) is 0.278. The third-order valence-electron chi connectivity index (χ3n) is 3.26. The molecule has 1 amide bonds. The van der Waals surface area contributed by atoms with Gasteiger partial charge in [-0.3, -0.25) is 4.79 Å². The smallest absolute Gasteiger partial charge is 0.262 e. The van der Waals surface area contributed by atoms with Crippen molar-refractivity contribution in [3.8, 4) is 5.75 Å². The summed E-state index contributed by atoms with van der Waals surface area (Å²) in [5.41, 5.74) is 1.54. The van der Waals surface area contributed by atoms with Crippen LogP contribution in [0.25, 0.3) is 0 Å². The molecule has 0 heterocycles. The Morgan fingerprint density at radius 1 is 1.13 bits per heavy atom. The van der Waals surface area contributed by atoms with Crippen molar-refractivity contribution in [1.29, 1.82) is 0 Å². The third kappa shape index (κ3) is 4.52. The first-order valence-electron chi connectivity index (χ1n) is 7.24. The molecule has 2 rings (SSSR count). The number of nitrogens with one attached hydrogen (secondary N) is 1. The third-order valence-corrected chi connectivity index (χ3v) is 3.26. The molecule has 0 fully saturated rings. The Balaban J connectivity index is 2.03. The highest BCUT2D eigenvalue weighted by atomic mass is 19.1. The number of hydrogen-bond donors (Lipinski definition) is 1. The van der Waals surface area contributed by atoms with E-state index in [1.54, 1.807) is 6.07 Å². The van der Waals surface area contributed by atoms with E-state index in [1.165, 1.54) is 0 Å². The fourth-order valence-electron chi connectivity index (χ4n) is 2.17. The Kier molecular flexibility index (Phi) is 4.98. The molecule has 0 bridgehead atoms. The zero-order valence-electron chi connectivity index (χ0n) is 13.3. The van der Waals surface area contributed by atoms with E-state index in [1.807, 2.05) is 39.0 Å². The van der Waals surface area contributed by atoms with Gasteiger partial charge in [-0.25, -0.2) is 8.78 Å². The Bertz CT molecular complexity index is 708. The van der Waals surface area contributed by atoms with Gasteiger partial charge >= 0.3 is 0 Å². The summed E-state index contributed by atoms with van der Waals surface area (Å²) in [7, 11) is 0. The van der Waals surface area contributed by atoms with Crippen LogP contribution >= 0.6 is 0 Å². The van der Waals surface area contributed by atoms with Gasteiger partial charge < -0.3 is 10.1 Å². The van der Waals surface area contributed by atoms with Crippen LogP contribution in [0, 0.1) is 11.6 Å². The Hall–Kier alpha value is -2.43. The Morgan fingerprint density at radius 3 is 2.48 bits per heavy atom. The van der Waals surface area contributed by atoms with E-state index in [2.05, 4.69) is 5.32 Å². The molecule has 2 aromatic carbocycles. The maximum Gasteiger partial charge on any atom is 0.262 e. The monoisotopic (exact) mass is 319 g/mol. The molecule has 0 saturated carbocycles. The number of rotatable bonds is 4. The van der Waals surface area contributed by atoms with Gasteiger partial charge in [-0.2, -0.15) is 0 Å². The number of ether oxygens (including phenoxy) is 1. The van der Waals surface area contributed by atoms with Crippen LogP contribution in [0.3, 0.4) is 0 Å². The number of halogens is 2. The lowest BCUT2D eigenvalue weighted by atomic mass is 9.86. The van der Waals surface area contributed by atoms with Gasteiger partial charge in [-0.05, 0) is 29.2 Å². The maximum absolute atomic E-state index is 13.5. The second-order valence-corrected chi connectivity index (χ2v) is 6.21. The summed E-state index contributed by atoms with van der Waals surface area (Å²) in [5, 5.41) is 2.76. The van der Waals surface area contributed by atoms with Crippen molar-refractivity contribution in [1.82, 2.24) is 0 Å². The van der Waals surface area contributed by atoms with Crippen LogP contribution in [0.1, 0.15) is 26.3 Å². The first kappa shape index (κ1) is 16.9. The summed E-state index contributed by atoms with van der Waals surface area (Å²) >= 11 is 0. The molecule has 5 heteroatoms. The average molecular weight is 319 g/mol. The van der Waals surface area contributed by atoms with Crippen LogP contribution in [0.2, 0.25) is 0 Å². The van der Waals surface area contributed by atoms with Crippen molar-refractivity contribution in [2.45, 2.75) is 26.2 Å². The first-order chi connectivity index (χ1) is 10.8. The van der Waals surface area contributed by atoms with Gasteiger partial charge in [0.25, 0.3) is 5.91 Å². The molecule has 122 valence electrons. The zero-order chi connectivity index (χ0) is 17.0. The van der Waals surface area contributed by atoms with Crippen molar-refractivity contribution >= 4 is 11.6 Å². The van der Waals surface area contributed by atoms with Gasteiger partial charge in [0, 0.05) is 11.8 Å². The number of carbonyl (C=O) groups is 1. The normalized spacial score (nSPS) is 11.2. The lowest BCUT2D eigenvalue weighted by molar-refractivity contribution is -0.118. The SMILES string of the molecule is CC(C)(C)c1ccccc1NC(=O)COc1ccc(F)cc1F. The van der Waals surface area contributed by atoms with Gasteiger partial charge in [0.05, 0.1) is 0 Å². The molecule has 0 aromatic heterocycles. The predicted octanol–water partition coefficient (Wildman–Crippen LogP) is 4.28. The van der Waals surface area contributed by atoms with E-state index >= 15 is 0 Å². The minimum atomic E-state index is -0.840. The predicted molar refractivity (Wildman–Crippen MR) is 85.6 cm³/mol. The number of carbonyl (C=O) groups excluding carboxylic acids is 1. The molecule has 0 aliphatic carbocycles. The highest BCUT2D eigenvalue weighted by Gasteiger charge is 2.18. The number of amides is 1. The van der Waals surface area contributed by atoms with Crippen molar-refractivity contribution in [3.05, 3.63) is 59.7 Å². The van der Waals surface area contributed by atoms with Crippen molar-refractivity contribution in [2.24, 2.45) is 0 Å². The van der Waals surface area contributed by atoms with Crippen LogP contribution in [0.4, 0.5) is 14.5 Å². The number of hydrogen-bond acceptors (Lipinski definition) is 2. The second kappa shape index (κ2) is 6.77. The molecule has 0 aliphatic heterocycles. The number of anilines is 1. The molecule has 2 aromatic rings. The molecular weight excluding hydrogens is 300 g/mol. The fourth-order valence-corrected chi connectivity index (χ4v) is 2.17. The Labute approximate surface area is 134 Å². The quantitative estimate of drug-likeness (QED) is 0.913. The van der Waals surface area contributed by atoms with Crippen LogP contribution in [-0.2, 0) is 10.2 Å². The minimum absolute atomic E-state index is 0.131. The topological polar surface area (TPSA) is 38.3 Å². The molecule has 3 nitrogen and oxygen atoms in total. The molecular formula is C18H19F2NO2. The van der Waals surface area contributed by atoms with Gasteiger partial charge in [0.2, 0.25) is 0 Å². The van der Waals surface area contributed by atoms with E-state index in [9.17, 15) is 13.6 Å². The lowest BCUT2D eigenvalue weighted by Gasteiger charge is -2.23. The molecule has 23 heavy (non-hydrogen) atoms. The van der Waals surface area contributed by atoms with Crippen LogP contribution in [-0.4, -0.2) is 12.5 Å². The molecule has 0 saturated heterocycles. The minimum Gasteiger partial charge on any atom is -0.481 e. The largest absolute Gasteiger partial charge is 0.481 e. The van der Waals surface area contributed by atoms with E-state index in [4.69, 9.17) is 4.74 Å². The summed E-state index contributed by atoms with van der Waals surface area (Å²) in [6.07, 6.45) is 0. The van der Waals surface area contributed by atoms with E-state index < -0.39 is 17.5 Å². The zero-order valence-corrected chi connectivity index (χ0v) is 13.3. The maximum atomic E-state index is 13.5. The van der Waals surface area contributed by atoms with E-state index in [0.717, 1.165) is 17.7 Å². The molecule has 0 atom stereocenters. The molecule has 0 radical (unpaired) electrons. The first-order valence-corrected chi connectivity index (χ1v) is 7.24. The number of para-hydroxylation sites is 1. The van der Waals surface area contributed by atoms with Gasteiger partial charge in [-0.1, -0.05) is 39.0 Å². The molecule has 0 spiro atoms. The van der Waals surface area contributed by atoms with Crippen LogP contribution in [0.15, 0.2) is 42.5 Å². The van der Waals surface area contributed by atoms with Gasteiger partial charge in [-0.15, -0.1) is 0 Å². The van der Waals surface area contributed by atoms with E-state index in [-0.39, 0.29) is 17.8 Å². The van der Waals surface area contributed by atoms with Crippen molar-refractivity contribution in [2.75, 3.05) is 11.9 Å². The second-order valence-electron chi connectivity index (χ2n) is 6.21. The highest BCUT2D eigenvalue weighted by molar-refractivity contribution is 5.92. The molecule has 0 unspecified atom stereocenters. The summed E-state index contributed by atoms with van der Waals surface area (Å²) in [4.78, 5) is 12.0. The van der Waals surface area contributed by atoms with Crippen molar-refractivity contribution < 1.29 is 18.3 Å². The van der Waals surface area contributed by atoms with Crippen LogP contribution < -0.4 is 10.1 Å². The summed E-state index contributed by atoms with van der Waals surface area (Å²) in [6, 6.07) is 10.4. The van der Waals surface area contributed by atoms with Crippen LogP contribution in [0.5, 0.6) is 5.75 Å². The molecule has 0 aliphatic rings.